The van der Waals surface area contributed by atoms with E-state index >= 15 is 0 Å². The Morgan fingerprint density at radius 1 is 1.62 bits per heavy atom. The first-order chi connectivity index (χ1) is 7.63. The number of hydrogen-bond donors (Lipinski definition) is 2. The lowest BCUT2D eigenvalue weighted by atomic mass is 10.3. The van der Waals surface area contributed by atoms with Crippen molar-refractivity contribution in [2.24, 2.45) is 0 Å². The molecule has 0 fully saturated rings. The summed E-state index contributed by atoms with van der Waals surface area (Å²) in [4.78, 5) is 23.3. The molecule has 0 unspecified atom stereocenters. The van der Waals surface area contributed by atoms with Gasteiger partial charge < -0.3 is 10.1 Å². The van der Waals surface area contributed by atoms with Gasteiger partial charge in [-0.1, -0.05) is 6.07 Å². The van der Waals surface area contributed by atoms with Crippen molar-refractivity contribution in [1.29, 1.82) is 0 Å². The lowest BCUT2D eigenvalue weighted by Crippen LogP contribution is -2.42. The zero-order valence-electron chi connectivity index (χ0n) is 8.80. The van der Waals surface area contributed by atoms with Crippen molar-refractivity contribution in [3.8, 4) is 0 Å². The van der Waals surface area contributed by atoms with Gasteiger partial charge >= 0.3 is 5.97 Å². The molecule has 1 heterocycles. The van der Waals surface area contributed by atoms with Gasteiger partial charge in [-0.05, 0) is 11.4 Å². The van der Waals surface area contributed by atoms with Gasteiger partial charge in [-0.3, -0.25) is 4.79 Å². The first kappa shape index (κ1) is 13.1. The largest absolute Gasteiger partial charge is 0.458 e. The molecule has 1 N–H and O–H groups in total. The van der Waals surface area contributed by atoms with Crippen molar-refractivity contribution in [1.82, 2.24) is 5.32 Å². The number of carbonyl (C=O) groups is 2. The van der Waals surface area contributed by atoms with E-state index in [4.69, 9.17) is 4.74 Å². The minimum Gasteiger partial charge on any atom is -0.458 e. The van der Waals surface area contributed by atoms with E-state index in [9.17, 15) is 9.59 Å². The van der Waals surface area contributed by atoms with Crippen LogP contribution in [0.4, 0.5) is 0 Å². The van der Waals surface area contributed by atoms with Gasteiger partial charge in [-0.15, -0.1) is 11.3 Å². The molecule has 0 saturated carbocycles. The van der Waals surface area contributed by atoms with E-state index in [1.165, 1.54) is 18.3 Å². The average Bonchev–Trinajstić information content (AvgIpc) is 2.75. The van der Waals surface area contributed by atoms with Crippen LogP contribution in [-0.2, 0) is 20.9 Å². The van der Waals surface area contributed by atoms with Crippen molar-refractivity contribution >= 4 is 35.8 Å². The van der Waals surface area contributed by atoms with E-state index in [0.29, 0.717) is 0 Å². The topological polar surface area (TPSA) is 55.4 Å². The Balaban J connectivity index is 2.40. The molecule has 0 saturated heterocycles. The molecule has 88 valence electrons. The Labute approximate surface area is 103 Å². The van der Waals surface area contributed by atoms with Gasteiger partial charge in [0.2, 0.25) is 5.91 Å². The third kappa shape index (κ3) is 4.24. The summed E-state index contributed by atoms with van der Waals surface area (Å²) in [5.41, 5.74) is 0. The Morgan fingerprint density at radius 2 is 2.38 bits per heavy atom. The maximum absolute atomic E-state index is 11.5. The molecule has 0 aliphatic carbocycles. The molecule has 1 aromatic rings. The van der Waals surface area contributed by atoms with Crippen LogP contribution < -0.4 is 5.32 Å². The second-order valence-electron chi connectivity index (χ2n) is 3.12. The Morgan fingerprint density at radius 3 is 2.88 bits per heavy atom. The van der Waals surface area contributed by atoms with Gasteiger partial charge in [-0.2, -0.15) is 12.6 Å². The number of ether oxygens (including phenoxy) is 1. The predicted octanol–water partition coefficient (Wildman–Crippen LogP) is 1.23. The predicted molar refractivity (Wildman–Crippen MR) is 65.6 cm³/mol. The van der Waals surface area contributed by atoms with E-state index in [1.807, 2.05) is 17.5 Å². The minimum atomic E-state index is -0.680. The number of thiol groups is 1. The molecule has 1 rings (SSSR count). The fourth-order valence-electron chi connectivity index (χ4n) is 1.06. The number of hydrogen-bond acceptors (Lipinski definition) is 5. The minimum absolute atomic E-state index is 0.225. The number of carbonyl (C=O) groups excluding carboxylic acids is 2. The molecule has 16 heavy (non-hydrogen) atoms. The average molecular weight is 259 g/mol. The Bertz CT molecular complexity index is 351. The molecular formula is C10H13NO3S2. The van der Waals surface area contributed by atoms with E-state index in [2.05, 4.69) is 17.9 Å². The van der Waals surface area contributed by atoms with Crippen LogP contribution in [-0.4, -0.2) is 23.7 Å². The second kappa shape index (κ2) is 6.55. The van der Waals surface area contributed by atoms with Crippen LogP contribution in [0.2, 0.25) is 0 Å². The monoisotopic (exact) mass is 259 g/mol. The first-order valence-corrected chi connectivity index (χ1v) is 6.21. The highest BCUT2D eigenvalue weighted by Crippen LogP contribution is 2.10. The number of esters is 1. The summed E-state index contributed by atoms with van der Waals surface area (Å²) in [6.07, 6.45) is 0. The standard InChI is InChI=1S/C10H13NO3S2/c1-7(12)11-9(6-15)10(13)14-5-8-3-2-4-16-8/h2-4,9,15H,5-6H2,1H3,(H,11,12)/t9-/m0/s1. The number of nitrogens with one attached hydrogen (secondary N) is 1. The SMILES string of the molecule is CC(=O)N[C@@H](CS)C(=O)OCc1cccs1. The molecular weight excluding hydrogens is 246 g/mol. The summed E-state index contributed by atoms with van der Waals surface area (Å²) in [5, 5.41) is 4.38. The fourth-order valence-corrected chi connectivity index (χ4v) is 1.92. The maximum atomic E-state index is 11.5. The molecule has 1 aromatic heterocycles. The molecule has 0 aliphatic rings. The van der Waals surface area contributed by atoms with Crippen LogP contribution in [0.25, 0.3) is 0 Å². The van der Waals surface area contributed by atoms with Gasteiger partial charge in [0.25, 0.3) is 0 Å². The molecule has 0 spiro atoms. The van der Waals surface area contributed by atoms with Crippen molar-refractivity contribution in [3.05, 3.63) is 22.4 Å². The summed E-state index contributed by atoms with van der Waals surface area (Å²) >= 11 is 5.50. The highest BCUT2D eigenvalue weighted by molar-refractivity contribution is 7.80. The van der Waals surface area contributed by atoms with Crippen molar-refractivity contribution in [3.63, 3.8) is 0 Å². The molecule has 4 nitrogen and oxygen atoms in total. The van der Waals surface area contributed by atoms with Crippen LogP contribution in [0.15, 0.2) is 17.5 Å². The summed E-state index contributed by atoms with van der Waals surface area (Å²) in [7, 11) is 0. The van der Waals surface area contributed by atoms with Crippen LogP contribution in [0.5, 0.6) is 0 Å². The number of rotatable bonds is 5. The molecule has 1 atom stereocenters. The van der Waals surface area contributed by atoms with Crippen LogP contribution >= 0.6 is 24.0 Å². The Hall–Kier alpha value is -1.01. The normalized spacial score (nSPS) is 11.9. The summed E-state index contributed by atoms with van der Waals surface area (Å²) in [5.74, 6) is -0.506. The molecule has 0 radical (unpaired) electrons. The fraction of sp³-hybridized carbons (Fsp3) is 0.400. The third-order valence-electron chi connectivity index (χ3n) is 1.78. The van der Waals surface area contributed by atoms with Gasteiger partial charge in [0, 0.05) is 17.6 Å². The lowest BCUT2D eigenvalue weighted by molar-refractivity contribution is -0.148. The summed E-state index contributed by atoms with van der Waals surface area (Å²) < 4.78 is 5.05. The van der Waals surface area contributed by atoms with E-state index in [-0.39, 0.29) is 18.3 Å². The molecule has 0 aliphatic heterocycles. The van der Waals surface area contributed by atoms with Crippen LogP contribution in [0.1, 0.15) is 11.8 Å². The van der Waals surface area contributed by atoms with Gasteiger partial charge in [-0.25, -0.2) is 4.79 Å². The van der Waals surface area contributed by atoms with Crippen LogP contribution in [0, 0.1) is 0 Å². The van der Waals surface area contributed by atoms with Crippen molar-refractivity contribution < 1.29 is 14.3 Å². The molecule has 6 heteroatoms. The van der Waals surface area contributed by atoms with E-state index < -0.39 is 12.0 Å². The van der Waals surface area contributed by atoms with E-state index in [0.717, 1.165) is 4.88 Å². The molecule has 0 bridgehead atoms. The summed E-state index contributed by atoms with van der Waals surface area (Å²) in [6, 6.07) is 3.09. The molecule has 1 amide bonds. The molecule has 0 aromatic carbocycles. The zero-order chi connectivity index (χ0) is 12.0. The van der Waals surface area contributed by atoms with Gasteiger partial charge in [0.05, 0.1) is 0 Å². The lowest BCUT2D eigenvalue weighted by Gasteiger charge is -2.13. The van der Waals surface area contributed by atoms with Crippen molar-refractivity contribution in [2.75, 3.05) is 5.75 Å². The van der Waals surface area contributed by atoms with E-state index in [1.54, 1.807) is 0 Å². The zero-order valence-corrected chi connectivity index (χ0v) is 10.5. The highest BCUT2D eigenvalue weighted by atomic mass is 32.1. The quantitative estimate of drug-likeness (QED) is 0.617. The number of thiophene rings is 1. The Kier molecular flexibility index (Phi) is 5.34. The second-order valence-corrected chi connectivity index (χ2v) is 4.52. The first-order valence-electron chi connectivity index (χ1n) is 4.70. The number of amides is 1. The van der Waals surface area contributed by atoms with Crippen molar-refractivity contribution in [2.45, 2.75) is 19.6 Å². The van der Waals surface area contributed by atoms with Gasteiger partial charge in [0.1, 0.15) is 12.6 Å². The summed E-state index contributed by atoms with van der Waals surface area (Å²) in [6.45, 7) is 1.59. The van der Waals surface area contributed by atoms with Gasteiger partial charge in [0.15, 0.2) is 0 Å². The van der Waals surface area contributed by atoms with Crippen LogP contribution in [0.3, 0.4) is 0 Å². The maximum Gasteiger partial charge on any atom is 0.329 e. The highest BCUT2D eigenvalue weighted by Gasteiger charge is 2.19. The smallest absolute Gasteiger partial charge is 0.329 e. The third-order valence-corrected chi connectivity index (χ3v) is 3.00.